The predicted octanol–water partition coefficient (Wildman–Crippen LogP) is 4.90. The van der Waals surface area contributed by atoms with E-state index in [9.17, 15) is 4.39 Å². The third-order valence-corrected chi connectivity index (χ3v) is 2.52. The number of ether oxygens (including phenoxy) is 1. The zero-order chi connectivity index (χ0) is 13.3. The maximum atomic E-state index is 13.5. The molecule has 0 radical (unpaired) electrons. The summed E-state index contributed by atoms with van der Waals surface area (Å²) < 4.78 is 18.6. The van der Waals surface area contributed by atoms with Crippen molar-refractivity contribution in [1.29, 1.82) is 0 Å². The molecule has 0 bridgehead atoms. The largest absolute Gasteiger partial charge is 0.493 e. The average molecular weight is 240 g/mol. The Kier molecular flexibility index (Phi) is 8.47. The first-order valence-corrected chi connectivity index (χ1v) is 6.52. The van der Waals surface area contributed by atoms with E-state index in [1.807, 2.05) is 26.8 Å². The van der Waals surface area contributed by atoms with Crippen LogP contribution in [0.2, 0.25) is 0 Å². The van der Waals surface area contributed by atoms with Crippen LogP contribution >= 0.6 is 0 Å². The molecule has 0 aliphatic rings. The molecule has 0 aliphatic heterocycles. The predicted molar refractivity (Wildman–Crippen MR) is 72.3 cm³/mol. The molecule has 0 amide bonds. The quantitative estimate of drug-likeness (QED) is 0.665. The Balaban J connectivity index is 0.00000121. The van der Waals surface area contributed by atoms with Crippen LogP contribution in [0.4, 0.5) is 4.39 Å². The minimum absolute atomic E-state index is 0.246. The molecule has 0 aromatic heterocycles. The molecule has 0 saturated heterocycles. The van der Waals surface area contributed by atoms with Gasteiger partial charge in [-0.2, -0.15) is 0 Å². The molecule has 1 aromatic carbocycles. The molecule has 17 heavy (non-hydrogen) atoms. The molecule has 1 rings (SSSR count). The van der Waals surface area contributed by atoms with Crippen LogP contribution in [0.25, 0.3) is 0 Å². The van der Waals surface area contributed by atoms with Gasteiger partial charge in [0.1, 0.15) is 0 Å². The second-order valence-electron chi connectivity index (χ2n) is 3.90. The van der Waals surface area contributed by atoms with Crippen molar-refractivity contribution >= 4 is 0 Å². The molecule has 0 N–H and O–H groups in total. The van der Waals surface area contributed by atoms with Gasteiger partial charge < -0.3 is 4.74 Å². The first kappa shape index (κ1) is 16.0. The summed E-state index contributed by atoms with van der Waals surface area (Å²) in [6.45, 7) is 8.07. The second kappa shape index (κ2) is 9.03. The fourth-order valence-electron chi connectivity index (χ4n) is 1.78. The van der Waals surface area contributed by atoms with Crippen LogP contribution in [0, 0.1) is 12.7 Å². The standard InChI is InChI=1S/C13H19FO.C2H6/c1-4-5-6-7-11-8-10(2)9-12(14)13(11)15-3;1-2/h8-9H,4-7H2,1-3H3;1-2H3. The van der Waals surface area contributed by atoms with E-state index in [1.54, 1.807) is 0 Å². The molecule has 98 valence electrons. The van der Waals surface area contributed by atoms with Crippen LogP contribution in [0.1, 0.15) is 51.2 Å². The number of halogens is 1. The van der Waals surface area contributed by atoms with Crippen molar-refractivity contribution in [2.75, 3.05) is 7.11 Å². The Bertz CT molecular complexity index is 321. The summed E-state index contributed by atoms with van der Waals surface area (Å²) in [6, 6.07) is 3.53. The fraction of sp³-hybridized carbons (Fsp3) is 0.600. The van der Waals surface area contributed by atoms with Gasteiger partial charge in [0.2, 0.25) is 0 Å². The maximum Gasteiger partial charge on any atom is 0.165 e. The minimum atomic E-state index is -0.246. The summed E-state index contributed by atoms with van der Waals surface area (Å²) in [5.74, 6) is 0.167. The van der Waals surface area contributed by atoms with Crippen LogP contribution in [-0.4, -0.2) is 7.11 Å². The number of unbranched alkanes of at least 4 members (excludes halogenated alkanes) is 2. The summed E-state index contributed by atoms with van der Waals surface area (Å²) in [5.41, 5.74) is 1.95. The van der Waals surface area contributed by atoms with E-state index >= 15 is 0 Å². The van der Waals surface area contributed by atoms with E-state index in [-0.39, 0.29) is 5.82 Å². The Labute approximate surface area is 105 Å². The van der Waals surface area contributed by atoms with Crippen molar-refractivity contribution in [2.24, 2.45) is 0 Å². The Morgan fingerprint density at radius 3 is 2.35 bits per heavy atom. The Morgan fingerprint density at radius 2 is 1.82 bits per heavy atom. The number of aryl methyl sites for hydroxylation is 2. The van der Waals surface area contributed by atoms with Crippen LogP contribution in [0.15, 0.2) is 12.1 Å². The second-order valence-corrected chi connectivity index (χ2v) is 3.90. The van der Waals surface area contributed by atoms with Gasteiger partial charge >= 0.3 is 0 Å². The van der Waals surface area contributed by atoms with Crippen LogP contribution in [0.5, 0.6) is 5.75 Å². The van der Waals surface area contributed by atoms with Gasteiger partial charge in [-0.3, -0.25) is 0 Å². The highest BCUT2D eigenvalue weighted by Crippen LogP contribution is 2.25. The van der Waals surface area contributed by atoms with Crippen molar-refractivity contribution in [2.45, 2.75) is 53.4 Å². The Morgan fingerprint density at radius 1 is 1.18 bits per heavy atom. The van der Waals surface area contributed by atoms with Gasteiger partial charge in [0.25, 0.3) is 0 Å². The first-order chi connectivity index (χ1) is 8.19. The van der Waals surface area contributed by atoms with Crippen LogP contribution in [0.3, 0.4) is 0 Å². The van der Waals surface area contributed by atoms with Gasteiger partial charge in [0, 0.05) is 0 Å². The summed E-state index contributed by atoms with van der Waals surface area (Å²) in [4.78, 5) is 0. The van der Waals surface area contributed by atoms with E-state index < -0.39 is 0 Å². The van der Waals surface area contributed by atoms with Gasteiger partial charge in [-0.1, -0.05) is 39.7 Å². The van der Waals surface area contributed by atoms with Gasteiger partial charge in [-0.15, -0.1) is 0 Å². The number of hydrogen-bond acceptors (Lipinski definition) is 1. The number of methoxy groups -OCH3 is 1. The first-order valence-electron chi connectivity index (χ1n) is 6.52. The number of hydrogen-bond donors (Lipinski definition) is 0. The van der Waals surface area contributed by atoms with E-state index in [4.69, 9.17) is 4.74 Å². The molecule has 0 atom stereocenters. The molecule has 0 heterocycles. The maximum absolute atomic E-state index is 13.5. The highest BCUT2D eigenvalue weighted by atomic mass is 19.1. The highest BCUT2D eigenvalue weighted by Gasteiger charge is 2.09. The number of rotatable bonds is 5. The van der Waals surface area contributed by atoms with Crippen molar-refractivity contribution in [3.05, 3.63) is 29.1 Å². The average Bonchev–Trinajstić information content (AvgIpc) is 2.31. The fourth-order valence-corrected chi connectivity index (χ4v) is 1.78. The molecule has 0 spiro atoms. The van der Waals surface area contributed by atoms with E-state index in [1.165, 1.54) is 26.0 Å². The van der Waals surface area contributed by atoms with Gasteiger partial charge in [-0.05, 0) is 37.0 Å². The lowest BCUT2D eigenvalue weighted by Crippen LogP contribution is -1.97. The van der Waals surface area contributed by atoms with Gasteiger partial charge in [-0.25, -0.2) is 4.39 Å². The molecule has 2 heteroatoms. The molecule has 0 unspecified atom stereocenters. The summed E-state index contributed by atoms with van der Waals surface area (Å²) >= 11 is 0. The van der Waals surface area contributed by atoms with Crippen molar-refractivity contribution in [3.8, 4) is 5.75 Å². The molecular formula is C15H25FO. The normalized spacial score (nSPS) is 9.53. The molecular weight excluding hydrogens is 215 g/mol. The van der Waals surface area contributed by atoms with Gasteiger partial charge in [0.05, 0.1) is 7.11 Å². The summed E-state index contributed by atoms with van der Waals surface area (Å²) in [5, 5.41) is 0. The molecule has 1 nitrogen and oxygen atoms in total. The van der Waals surface area contributed by atoms with E-state index in [2.05, 4.69) is 6.92 Å². The van der Waals surface area contributed by atoms with Crippen LogP contribution in [-0.2, 0) is 6.42 Å². The van der Waals surface area contributed by atoms with E-state index in [0.29, 0.717) is 5.75 Å². The topological polar surface area (TPSA) is 9.23 Å². The zero-order valence-corrected chi connectivity index (χ0v) is 11.8. The third kappa shape index (κ3) is 5.20. The smallest absolute Gasteiger partial charge is 0.165 e. The highest BCUT2D eigenvalue weighted by molar-refractivity contribution is 5.38. The third-order valence-electron chi connectivity index (χ3n) is 2.52. The van der Waals surface area contributed by atoms with Crippen molar-refractivity contribution < 1.29 is 9.13 Å². The lowest BCUT2D eigenvalue weighted by Gasteiger charge is -2.10. The summed E-state index contributed by atoms with van der Waals surface area (Å²) in [7, 11) is 1.52. The van der Waals surface area contributed by atoms with Crippen molar-refractivity contribution in [1.82, 2.24) is 0 Å². The zero-order valence-electron chi connectivity index (χ0n) is 11.8. The minimum Gasteiger partial charge on any atom is -0.493 e. The SMILES string of the molecule is CC.CCCCCc1cc(C)cc(F)c1OC. The van der Waals surface area contributed by atoms with Crippen LogP contribution < -0.4 is 4.74 Å². The van der Waals surface area contributed by atoms with E-state index in [0.717, 1.165) is 24.0 Å². The molecule has 0 saturated carbocycles. The summed E-state index contributed by atoms with van der Waals surface area (Å²) in [6.07, 6.45) is 4.35. The molecule has 0 fully saturated rings. The number of benzene rings is 1. The molecule has 1 aromatic rings. The monoisotopic (exact) mass is 240 g/mol. The molecule has 0 aliphatic carbocycles. The Hall–Kier alpha value is -1.05. The van der Waals surface area contributed by atoms with Crippen molar-refractivity contribution in [3.63, 3.8) is 0 Å². The lowest BCUT2D eigenvalue weighted by molar-refractivity contribution is 0.380. The lowest BCUT2D eigenvalue weighted by atomic mass is 10.0. The van der Waals surface area contributed by atoms with Gasteiger partial charge in [0.15, 0.2) is 11.6 Å².